The number of benzene rings is 2. The van der Waals surface area contributed by atoms with Crippen molar-refractivity contribution in [3.63, 3.8) is 0 Å². The highest BCUT2D eigenvalue weighted by Gasteiger charge is 2.37. The number of phenols is 1. The topological polar surface area (TPSA) is 98.6 Å². The summed E-state index contributed by atoms with van der Waals surface area (Å²) in [5.41, 5.74) is 2.43. The Morgan fingerprint density at radius 2 is 1.77 bits per heavy atom. The summed E-state index contributed by atoms with van der Waals surface area (Å²) in [7, 11) is 0. The second kappa shape index (κ2) is 9.93. The van der Waals surface area contributed by atoms with Gasteiger partial charge in [0.25, 0.3) is 11.8 Å². The van der Waals surface area contributed by atoms with Crippen molar-refractivity contribution in [2.45, 2.75) is 37.8 Å². The molecule has 1 aliphatic carbocycles. The molecule has 2 amide bonds. The first-order valence-electron chi connectivity index (χ1n) is 11.8. The number of nitrogens with one attached hydrogen (secondary N) is 2. The third-order valence-electron chi connectivity index (χ3n) is 6.35. The maximum absolute atomic E-state index is 14.0. The van der Waals surface area contributed by atoms with Crippen LogP contribution in [0.4, 0.5) is 5.69 Å². The van der Waals surface area contributed by atoms with E-state index in [1.165, 1.54) is 23.3 Å². The highest BCUT2D eigenvalue weighted by atomic mass is 16.3. The summed E-state index contributed by atoms with van der Waals surface area (Å²) in [5, 5.41) is 13.3. The molecule has 0 saturated heterocycles. The normalized spacial score (nSPS) is 14.5. The zero-order chi connectivity index (χ0) is 24.2. The first-order chi connectivity index (χ1) is 17.1. The van der Waals surface area contributed by atoms with Crippen LogP contribution in [0.15, 0.2) is 89.5 Å². The SMILES string of the molecule is O=C(NC1CCCC1)[C@H](c1ccco1)N(C(=O)c1ccc(-c2ccccc2)[nH]1)c1cccc(O)c1. The summed E-state index contributed by atoms with van der Waals surface area (Å²) in [6.45, 7) is 0. The van der Waals surface area contributed by atoms with Gasteiger partial charge in [0.2, 0.25) is 0 Å². The lowest BCUT2D eigenvalue weighted by Crippen LogP contribution is -2.46. The lowest BCUT2D eigenvalue weighted by Gasteiger charge is -2.30. The molecular formula is C28H27N3O4. The fraction of sp³-hybridized carbons (Fsp3) is 0.214. The van der Waals surface area contributed by atoms with E-state index in [1.807, 2.05) is 36.4 Å². The maximum Gasteiger partial charge on any atom is 0.275 e. The van der Waals surface area contributed by atoms with Crippen molar-refractivity contribution in [3.8, 4) is 17.0 Å². The number of anilines is 1. The van der Waals surface area contributed by atoms with Gasteiger partial charge in [-0.3, -0.25) is 14.5 Å². The summed E-state index contributed by atoms with van der Waals surface area (Å²) >= 11 is 0. The number of aromatic amines is 1. The zero-order valence-corrected chi connectivity index (χ0v) is 19.2. The van der Waals surface area contributed by atoms with Crippen LogP contribution in [0.3, 0.4) is 0 Å². The van der Waals surface area contributed by atoms with Crippen LogP contribution < -0.4 is 10.2 Å². The first-order valence-corrected chi connectivity index (χ1v) is 11.8. The van der Waals surface area contributed by atoms with Crippen molar-refractivity contribution >= 4 is 17.5 Å². The molecule has 178 valence electrons. The molecule has 0 unspecified atom stereocenters. The number of nitrogens with zero attached hydrogens (tertiary/aromatic N) is 1. The van der Waals surface area contributed by atoms with Crippen molar-refractivity contribution in [1.82, 2.24) is 10.3 Å². The predicted octanol–water partition coefficient (Wildman–Crippen LogP) is 5.43. The molecule has 2 aromatic carbocycles. The van der Waals surface area contributed by atoms with Crippen LogP contribution in [-0.4, -0.2) is 27.9 Å². The van der Waals surface area contributed by atoms with Gasteiger partial charge in [-0.15, -0.1) is 0 Å². The molecule has 4 aromatic rings. The highest BCUT2D eigenvalue weighted by Crippen LogP contribution is 2.33. The van der Waals surface area contributed by atoms with E-state index in [0.29, 0.717) is 17.1 Å². The summed E-state index contributed by atoms with van der Waals surface area (Å²) in [6, 6.07) is 21.9. The summed E-state index contributed by atoms with van der Waals surface area (Å²) in [6.07, 6.45) is 5.44. The molecular weight excluding hydrogens is 442 g/mol. The van der Waals surface area contributed by atoms with E-state index in [1.54, 1.807) is 30.3 Å². The Bertz CT molecular complexity index is 1290. The van der Waals surface area contributed by atoms with Gasteiger partial charge in [-0.05, 0) is 54.8 Å². The molecule has 1 atom stereocenters. The van der Waals surface area contributed by atoms with Gasteiger partial charge in [-0.2, -0.15) is 0 Å². The molecule has 7 heteroatoms. The molecule has 2 heterocycles. The van der Waals surface area contributed by atoms with Crippen molar-refractivity contribution in [2.75, 3.05) is 4.90 Å². The molecule has 1 fully saturated rings. The number of H-pyrrole nitrogens is 1. The summed E-state index contributed by atoms with van der Waals surface area (Å²) in [5.74, 6) is -0.405. The Labute approximate surface area is 203 Å². The van der Waals surface area contributed by atoms with Crippen molar-refractivity contribution in [3.05, 3.63) is 96.6 Å². The Morgan fingerprint density at radius 1 is 0.971 bits per heavy atom. The standard InChI is InChI=1S/C28H27N3O4/c32-22-13-6-12-21(18-22)31(28(34)24-16-15-23(30-24)19-8-2-1-3-9-19)26(25-14-7-17-35-25)27(33)29-20-10-4-5-11-20/h1-3,6-9,12-18,20,26,30,32H,4-5,10-11H2,(H,29,33)/t26-/m0/s1. The number of hydrogen-bond acceptors (Lipinski definition) is 4. The predicted molar refractivity (Wildman–Crippen MR) is 133 cm³/mol. The van der Waals surface area contributed by atoms with Crippen molar-refractivity contribution in [2.24, 2.45) is 0 Å². The number of rotatable bonds is 7. The summed E-state index contributed by atoms with van der Waals surface area (Å²) < 4.78 is 5.65. The van der Waals surface area contributed by atoms with Gasteiger partial charge in [0, 0.05) is 23.5 Å². The van der Waals surface area contributed by atoms with Crippen LogP contribution in [0.5, 0.6) is 5.75 Å². The third-order valence-corrected chi connectivity index (χ3v) is 6.35. The second-order valence-electron chi connectivity index (χ2n) is 8.75. The minimum atomic E-state index is -1.05. The first kappa shape index (κ1) is 22.5. The van der Waals surface area contributed by atoms with E-state index in [-0.39, 0.29) is 17.7 Å². The van der Waals surface area contributed by atoms with Gasteiger partial charge >= 0.3 is 0 Å². The van der Waals surface area contributed by atoms with Crippen LogP contribution in [0.25, 0.3) is 11.3 Å². The Balaban J connectivity index is 1.56. The van der Waals surface area contributed by atoms with Crippen molar-refractivity contribution < 1.29 is 19.1 Å². The fourth-order valence-electron chi connectivity index (χ4n) is 4.63. The lowest BCUT2D eigenvalue weighted by molar-refractivity contribution is -0.123. The molecule has 0 radical (unpaired) electrons. The van der Waals surface area contributed by atoms with Gasteiger partial charge in [-0.25, -0.2) is 0 Å². The number of carbonyl (C=O) groups is 2. The fourth-order valence-corrected chi connectivity index (χ4v) is 4.63. The van der Waals surface area contributed by atoms with Crippen LogP contribution >= 0.6 is 0 Å². The number of aromatic nitrogens is 1. The lowest BCUT2D eigenvalue weighted by atomic mass is 10.1. The Kier molecular flexibility index (Phi) is 6.39. The average molecular weight is 470 g/mol. The van der Waals surface area contributed by atoms with Gasteiger partial charge in [0.15, 0.2) is 6.04 Å². The maximum atomic E-state index is 14.0. The molecule has 0 aliphatic heterocycles. The van der Waals surface area contributed by atoms with Crippen LogP contribution in [-0.2, 0) is 4.79 Å². The van der Waals surface area contributed by atoms with E-state index in [9.17, 15) is 14.7 Å². The van der Waals surface area contributed by atoms with E-state index in [2.05, 4.69) is 10.3 Å². The number of furan rings is 1. The molecule has 3 N–H and O–H groups in total. The number of carbonyl (C=O) groups excluding carboxylic acids is 2. The minimum absolute atomic E-state index is 0.00819. The molecule has 1 aliphatic rings. The highest BCUT2D eigenvalue weighted by molar-refractivity contribution is 6.09. The van der Waals surface area contributed by atoms with Gasteiger partial charge in [0.1, 0.15) is 17.2 Å². The second-order valence-corrected chi connectivity index (χ2v) is 8.75. The van der Waals surface area contributed by atoms with E-state index < -0.39 is 11.9 Å². The largest absolute Gasteiger partial charge is 0.508 e. The molecule has 1 saturated carbocycles. The van der Waals surface area contributed by atoms with Crippen LogP contribution in [0.2, 0.25) is 0 Å². The quantitative estimate of drug-likeness (QED) is 0.336. The molecule has 0 spiro atoms. The minimum Gasteiger partial charge on any atom is -0.508 e. The smallest absolute Gasteiger partial charge is 0.275 e. The number of aromatic hydroxyl groups is 1. The van der Waals surface area contributed by atoms with E-state index in [0.717, 1.165) is 36.9 Å². The molecule has 5 rings (SSSR count). The monoisotopic (exact) mass is 469 g/mol. The molecule has 35 heavy (non-hydrogen) atoms. The average Bonchev–Trinajstić information content (AvgIpc) is 3.66. The number of amides is 2. The third kappa shape index (κ3) is 4.84. The van der Waals surface area contributed by atoms with Gasteiger partial charge in [-0.1, -0.05) is 49.2 Å². The van der Waals surface area contributed by atoms with Gasteiger partial charge in [0.05, 0.1) is 6.26 Å². The molecule has 7 nitrogen and oxygen atoms in total. The van der Waals surface area contributed by atoms with E-state index in [4.69, 9.17) is 4.42 Å². The van der Waals surface area contributed by atoms with E-state index >= 15 is 0 Å². The Morgan fingerprint density at radius 3 is 2.49 bits per heavy atom. The van der Waals surface area contributed by atoms with Gasteiger partial charge < -0.3 is 19.8 Å². The Hall–Kier alpha value is -4.26. The van der Waals surface area contributed by atoms with Crippen LogP contribution in [0.1, 0.15) is 48.0 Å². The van der Waals surface area contributed by atoms with Crippen LogP contribution in [0, 0.1) is 0 Å². The van der Waals surface area contributed by atoms with Crippen molar-refractivity contribution in [1.29, 1.82) is 0 Å². The number of hydrogen-bond donors (Lipinski definition) is 3. The zero-order valence-electron chi connectivity index (χ0n) is 19.2. The molecule has 2 aromatic heterocycles. The summed E-state index contributed by atoms with van der Waals surface area (Å²) in [4.78, 5) is 32.2. The number of phenolic OH excluding ortho intramolecular Hbond substituents is 1. The molecule has 0 bridgehead atoms.